The molecule has 0 aromatic rings. The van der Waals surface area contributed by atoms with Gasteiger partial charge in [-0.25, -0.2) is 0 Å². The van der Waals surface area contributed by atoms with Crippen LogP contribution in [0.25, 0.3) is 0 Å². The van der Waals surface area contributed by atoms with Crippen molar-refractivity contribution >= 4 is 0 Å². The number of rotatable bonds is 4. The molecule has 0 amide bonds. The van der Waals surface area contributed by atoms with Crippen LogP contribution in [0.5, 0.6) is 0 Å². The first-order valence-electron chi connectivity index (χ1n) is 7.99. The predicted molar refractivity (Wildman–Crippen MR) is 72.9 cm³/mol. The molecule has 0 aromatic carbocycles. The van der Waals surface area contributed by atoms with Gasteiger partial charge in [-0.1, -0.05) is 26.2 Å². The van der Waals surface area contributed by atoms with Crippen molar-refractivity contribution in [3.8, 4) is 0 Å². The summed E-state index contributed by atoms with van der Waals surface area (Å²) in [5, 5.41) is 3.70. The molecule has 1 heteroatoms. The maximum absolute atomic E-state index is 3.70. The Morgan fingerprint density at radius 2 is 1.76 bits per heavy atom. The first kappa shape index (κ1) is 12.0. The van der Waals surface area contributed by atoms with E-state index in [1.54, 1.807) is 19.3 Å². The highest BCUT2D eigenvalue weighted by Gasteiger charge is 2.48. The van der Waals surface area contributed by atoms with Crippen molar-refractivity contribution in [2.75, 3.05) is 7.05 Å². The van der Waals surface area contributed by atoms with Gasteiger partial charge >= 0.3 is 0 Å². The molecule has 3 saturated carbocycles. The van der Waals surface area contributed by atoms with Crippen molar-refractivity contribution < 1.29 is 0 Å². The summed E-state index contributed by atoms with van der Waals surface area (Å²) < 4.78 is 0. The van der Waals surface area contributed by atoms with Gasteiger partial charge in [0.25, 0.3) is 0 Å². The highest BCUT2D eigenvalue weighted by Crippen LogP contribution is 2.56. The van der Waals surface area contributed by atoms with E-state index in [0.717, 1.165) is 35.6 Å². The SMILES string of the molecule is CCC1CCCC(C(NC)C2CC3CC3C2)C1. The van der Waals surface area contributed by atoms with Crippen molar-refractivity contribution in [1.29, 1.82) is 0 Å². The van der Waals surface area contributed by atoms with Crippen LogP contribution in [0.4, 0.5) is 0 Å². The Balaban J connectivity index is 1.59. The van der Waals surface area contributed by atoms with Gasteiger partial charge in [0.1, 0.15) is 0 Å². The second-order valence-corrected chi connectivity index (χ2v) is 7.00. The van der Waals surface area contributed by atoms with Gasteiger partial charge in [0.2, 0.25) is 0 Å². The summed E-state index contributed by atoms with van der Waals surface area (Å²) in [5.74, 6) is 5.31. The van der Waals surface area contributed by atoms with E-state index in [1.165, 1.54) is 32.1 Å². The number of hydrogen-bond donors (Lipinski definition) is 1. The Morgan fingerprint density at radius 1 is 1.00 bits per heavy atom. The first-order valence-corrected chi connectivity index (χ1v) is 7.99. The fourth-order valence-corrected chi connectivity index (χ4v) is 4.94. The minimum absolute atomic E-state index is 0.845. The van der Waals surface area contributed by atoms with Gasteiger partial charge < -0.3 is 5.32 Å². The van der Waals surface area contributed by atoms with Crippen LogP contribution in [0.1, 0.15) is 58.3 Å². The lowest BCUT2D eigenvalue weighted by Crippen LogP contribution is -2.41. The summed E-state index contributed by atoms with van der Waals surface area (Å²) in [7, 11) is 2.21. The summed E-state index contributed by atoms with van der Waals surface area (Å²) in [6.07, 6.45) is 12.0. The van der Waals surface area contributed by atoms with Gasteiger partial charge in [-0.2, -0.15) is 0 Å². The van der Waals surface area contributed by atoms with Crippen LogP contribution in [0.15, 0.2) is 0 Å². The average Bonchev–Trinajstić information content (AvgIpc) is 2.98. The zero-order valence-electron chi connectivity index (χ0n) is 11.6. The normalized spacial score (nSPS) is 46.6. The van der Waals surface area contributed by atoms with Crippen LogP contribution in [0.2, 0.25) is 0 Å². The van der Waals surface area contributed by atoms with E-state index in [4.69, 9.17) is 0 Å². The van der Waals surface area contributed by atoms with E-state index < -0.39 is 0 Å². The Morgan fingerprint density at radius 3 is 2.41 bits per heavy atom. The molecule has 3 aliphatic carbocycles. The van der Waals surface area contributed by atoms with E-state index >= 15 is 0 Å². The molecule has 3 rings (SSSR count). The highest BCUT2D eigenvalue weighted by molar-refractivity contribution is 5.00. The Bertz CT molecular complexity index is 252. The molecule has 1 N–H and O–H groups in total. The summed E-state index contributed by atoms with van der Waals surface area (Å²) >= 11 is 0. The molecule has 0 aromatic heterocycles. The van der Waals surface area contributed by atoms with Crippen LogP contribution < -0.4 is 5.32 Å². The van der Waals surface area contributed by atoms with Gasteiger partial charge in [0.05, 0.1) is 0 Å². The summed E-state index contributed by atoms with van der Waals surface area (Å²) in [6, 6.07) is 0.845. The molecule has 5 unspecified atom stereocenters. The highest BCUT2D eigenvalue weighted by atomic mass is 14.9. The topological polar surface area (TPSA) is 12.0 Å². The molecule has 0 bridgehead atoms. The third-order valence-electron chi connectivity index (χ3n) is 6.03. The lowest BCUT2D eigenvalue weighted by molar-refractivity contribution is 0.169. The molecule has 0 aliphatic heterocycles. The van der Waals surface area contributed by atoms with Gasteiger partial charge in [0.15, 0.2) is 0 Å². The van der Waals surface area contributed by atoms with Crippen molar-refractivity contribution in [3.63, 3.8) is 0 Å². The third kappa shape index (κ3) is 2.41. The molecular formula is C16H29N. The molecule has 3 fully saturated rings. The van der Waals surface area contributed by atoms with Crippen molar-refractivity contribution in [2.24, 2.45) is 29.6 Å². The third-order valence-corrected chi connectivity index (χ3v) is 6.03. The molecule has 1 nitrogen and oxygen atoms in total. The van der Waals surface area contributed by atoms with E-state index in [9.17, 15) is 0 Å². The zero-order valence-corrected chi connectivity index (χ0v) is 11.6. The summed E-state index contributed by atoms with van der Waals surface area (Å²) in [5.41, 5.74) is 0. The first-order chi connectivity index (χ1) is 8.31. The Hall–Kier alpha value is -0.0400. The largest absolute Gasteiger partial charge is 0.316 e. The monoisotopic (exact) mass is 235 g/mol. The molecule has 0 radical (unpaired) electrons. The lowest BCUT2D eigenvalue weighted by atomic mass is 9.73. The molecule has 3 aliphatic rings. The van der Waals surface area contributed by atoms with E-state index in [-0.39, 0.29) is 0 Å². The van der Waals surface area contributed by atoms with Crippen molar-refractivity contribution in [1.82, 2.24) is 5.32 Å². The number of nitrogens with one attached hydrogen (secondary N) is 1. The smallest absolute Gasteiger partial charge is 0.0121 e. The van der Waals surface area contributed by atoms with Gasteiger partial charge in [-0.05, 0) is 68.7 Å². The maximum atomic E-state index is 3.70. The van der Waals surface area contributed by atoms with Crippen LogP contribution in [-0.2, 0) is 0 Å². The number of hydrogen-bond acceptors (Lipinski definition) is 1. The molecule has 17 heavy (non-hydrogen) atoms. The molecule has 0 spiro atoms. The fraction of sp³-hybridized carbons (Fsp3) is 1.00. The quantitative estimate of drug-likeness (QED) is 0.781. The summed E-state index contributed by atoms with van der Waals surface area (Å²) in [6.45, 7) is 2.38. The molecule has 0 saturated heterocycles. The van der Waals surface area contributed by atoms with E-state index in [0.29, 0.717) is 0 Å². The van der Waals surface area contributed by atoms with E-state index in [2.05, 4.69) is 19.3 Å². The van der Waals surface area contributed by atoms with Gasteiger partial charge in [-0.3, -0.25) is 0 Å². The maximum Gasteiger partial charge on any atom is 0.0121 e. The molecular weight excluding hydrogens is 206 g/mol. The van der Waals surface area contributed by atoms with Crippen LogP contribution >= 0.6 is 0 Å². The zero-order chi connectivity index (χ0) is 11.8. The van der Waals surface area contributed by atoms with Gasteiger partial charge in [-0.15, -0.1) is 0 Å². The number of fused-ring (bicyclic) bond motifs is 1. The second-order valence-electron chi connectivity index (χ2n) is 7.00. The van der Waals surface area contributed by atoms with Gasteiger partial charge in [0, 0.05) is 6.04 Å². The molecule has 0 heterocycles. The average molecular weight is 235 g/mol. The Kier molecular flexibility index (Phi) is 3.47. The van der Waals surface area contributed by atoms with Crippen molar-refractivity contribution in [3.05, 3.63) is 0 Å². The van der Waals surface area contributed by atoms with Crippen molar-refractivity contribution in [2.45, 2.75) is 64.3 Å². The van der Waals surface area contributed by atoms with Crippen LogP contribution in [0.3, 0.4) is 0 Å². The minimum Gasteiger partial charge on any atom is -0.316 e. The fourth-order valence-electron chi connectivity index (χ4n) is 4.94. The summed E-state index contributed by atoms with van der Waals surface area (Å²) in [4.78, 5) is 0. The lowest BCUT2D eigenvalue weighted by Gasteiger charge is -2.37. The van der Waals surface area contributed by atoms with E-state index in [1.807, 2.05) is 0 Å². The van der Waals surface area contributed by atoms with Crippen LogP contribution in [0, 0.1) is 29.6 Å². The molecule has 5 atom stereocenters. The minimum atomic E-state index is 0.845. The predicted octanol–water partition coefficient (Wildman–Crippen LogP) is 3.84. The standard InChI is InChI=1S/C16H29N/c1-3-11-5-4-6-12(7-11)16(17-2)15-9-13-8-14(13)10-15/h11-17H,3-10H2,1-2H3. The second kappa shape index (κ2) is 4.91. The Labute approximate surface area is 107 Å². The van der Waals surface area contributed by atoms with Crippen LogP contribution in [-0.4, -0.2) is 13.1 Å². The molecule has 98 valence electrons.